The lowest BCUT2D eigenvalue weighted by Gasteiger charge is -2.02. The van der Waals surface area contributed by atoms with Crippen molar-refractivity contribution in [3.05, 3.63) is 40.4 Å². The molecule has 2 nitrogen and oxygen atoms in total. The van der Waals surface area contributed by atoms with E-state index < -0.39 is 17.7 Å². The molecular formula is C10H5BrF4N2. The van der Waals surface area contributed by atoms with E-state index in [-0.39, 0.29) is 11.4 Å². The lowest BCUT2D eigenvalue weighted by Crippen LogP contribution is -2.04. The maximum Gasteiger partial charge on any atom is 0.432 e. The predicted molar refractivity (Wildman–Crippen MR) is 56.7 cm³/mol. The van der Waals surface area contributed by atoms with E-state index in [1.54, 1.807) is 0 Å². The third kappa shape index (κ3) is 2.49. The van der Waals surface area contributed by atoms with Crippen molar-refractivity contribution in [1.82, 2.24) is 9.97 Å². The number of nitrogens with zero attached hydrogens (tertiary/aromatic N) is 1. The zero-order valence-electron chi connectivity index (χ0n) is 8.15. The number of halogens is 5. The average Bonchev–Trinajstić information content (AvgIpc) is 2.70. The molecule has 0 unspecified atom stereocenters. The van der Waals surface area contributed by atoms with Gasteiger partial charge in [-0.15, -0.1) is 0 Å². The second kappa shape index (κ2) is 4.14. The van der Waals surface area contributed by atoms with Crippen LogP contribution in [0.25, 0.3) is 11.4 Å². The van der Waals surface area contributed by atoms with Gasteiger partial charge in [0, 0.05) is 4.47 Å². The van der Waals surface area contributed by atoms with Crippen molar-refractivity contribution in [2.75, 3.05) is 0 Å². The van der Waals surface area contributed by atoms with Crippen molar-refractivity contribution >= 4 is 15.9 Å². The van der Waals surface area contributed by atoms with E-state index >= 15 is 0 Å². The maximum atomic E-state index is 13.4. The van der Waals surface area contributed by atoms with Crippen molar-refractivity contribution in [1.29, 1.82) is 0 Å². The Labute approximate surface area is 102 Å². The Kier molecular flexibility index (Phi) is 2.94. The van der Waals surface area contributed by atoms with Crippen LogP contribution in [0.15, 0.2) is 28.9 Å². The molecule has 0 aliphatic carbocycles. The number of hydrogen-bond donors (Lipinski definition) is 1. The van der Waals surface area contributed by atoms with Crippen LogP contribution in [-0.4, -0.2) is 9.97 Å². The molecule has 2 rings (SSSR count). The standard InChI is InChI=1S/C10H5BrF4N2/c11-5-1-2-7(12)6(3-5)9-16-4-8(17-9)10(13,14)15/h1-4H,(H,16,17). The van der Waals surface area contributed by atoms with Crippen LogP contribution < -0.4 is 0 Å². The van der Waals surface area contributed by atoms with Crippen molar-refractivity contribution < 1.29 is 17.6 Å². The summed E-state index contributed by atoms with van der Waals surface area (Å²) in [6, 6.07) is 3.95. The van der Waals surface area contributed by atoms with E-state index in [4.69, 9.17) is 0 Å². The van der Waals surface area contributed by atoms with Crippen LogP contribution in [0.2, 0.25) is 0 Å². The van der Waals surface area contributed by atoms with Gasteiger partial charge in [0.2, 0.25) is 0 Å². The highest BCUT2D eigenvalue weighted by Gasteiger charge is 2.33. The van der Waals surface area contributed by atoms with E-state index in [0.717, 1.165) is 6.07 Å². The van der Waals surface area contributed by atoms with Gasteiger partial charge in [0.05, 0.1) is 11.8 Å². The molecule has 17 heavy (non-hydrogen) atoms. The number of nitrogens with one attached hydrogen (secondary N) is 1. The first-order valence-corrected chi connectivity index (χ1v) is 5.25. The summed E-state index contributed by atoms with van der Waals surface area (Å²) in [4.78, 5) is 5.56. The van der Waals surface area contributed by atoms with E-state index in [1.165, 1.54) is 12.1 Å². The minimum absolute atomic E-state index is 0.0186. The number of aromatic amines is 1. The molecular weight excluding hydrogens is 304 g/mol. The fourth-order valence-electron chi connectivity index (χ4n) is 1.28. The van der Waals surface area contributed by atoms with Gasteiger partial charge in [-0.05, 0) is 18.2 Å². The lowest BCUT2D eigenvalue weighted by molar-refractivity contribution is -0.140. The molecule has 1 aromatic heterocycles. The Balaban J connectivity index is 2.47. The second-order valence-corrected chi connectivity index (χ2v) is 4.18. The molecule has 0 radical (unpaired) electrons. The molecule has 1 heterocycles. The minimum Gasteiger partial charge on any atom is -0.334 e. The van der Waals surface area contributed by atoms with E-state index in [1.807, 2.05) is 4.98 Å². The SMILES string of the molecule is Fc1ccc(Br)cc1-c1ncc(C(F)(F)F)[nH]1. The summed E-state index contributed by atoms with van der Waals surface area (Å²) in [5.41, 5.74) is -1.03. The quantitative estimate of drug-likeness (QED) is 0.793. The topological polar surface area (TPSA) is 28.7 Å². The number of aromatic nitrogens is 2. The fraction of sp³-hybridized carbons (Fsp3) is 0.100. The number of benzene rings is 1. The molecule has 0 amide bonds. The zero-order chi connectivity index (χ0) is 12.6. The smallest absolute Gasteiger partial charge is 0.334 e. The summed E-state index contributed by atoms with van der Waals surface area (Å²) in [5, 5.41) is 0. The highest BCUT2D eigenvalue weighted by molar-refractivity contribution is 9.10. The Morgan fingerprint density at radius 2 is 1.94 bits per heavy atom. The Bertz CT molecular complexity index is 547. The maximum absolute atomic E-state index is 13.4. The summed E-state index contributed by atoms with van der Waals surface area (Å²) < 4.78 is 50.9. The van der Waals surface area contributed by atoms with Gasteiger partial charge in [0.1, 0.15) is 17.3 Å². The molecule has 0 aliphatic rings. The largest absolute Gasteiger partial charge is 0.432 e. The van der Waals surface area contributed by atoms with E-state index in [2.05, 4.69) is 20.9 Å². The van der Waals surface area contributed by atoms with Gasteiger partial charge in [0.15, 0.2) is 0 Å². The molecule has 0 spiro atoms. The molecule has 2 aromatic rings. The summed E-state index contributed by atoms with van der Waals surface area (Å²) in [7, 11) is 0. The average molecular weight is 309 g/mol. The molecule has 1 aromatic carbocycles. The first-order valence-electron chi connectivity index (χ1n) is 4.45. The zero-order valence-corrected chi connectivity index (χ0v) is 9.73. The minimum atomic E-state index is -4.52. The van der Waals surface area contributed by atoms with Crippen LogP contribution in [-0.2, 0) is 6.18 Å². The van der Waals surface area contributed by atoms with E-state index in [0.29, 0.717) is 10.7 Å². The van der Waals surface area contributed by atoms with Crippen LogP contribution in [0.3, 0.4) is 0 Å². The van der Waals surface area contributed by atoms with Crippen molar-refractivity contribution in [3.63, 3.8) is 0 Å². The van der Waals surface area contributed by atoms with Crippen molar-refractivity contribution in [2.24, 2.45) is 0 Å². The highest BCUT2D eigenvalue weighted by Crippen LogP contribution is 2.30. The Hall–Kier alpha value is -1.37. The third-order valence-electron chi connectivity index (χ3n) is 2.06. The lowest BCUT2D eigenvalue weighted by atomic mass is 10.2. The van der Waals surface area contributed by atoms with Crippen LogP contribution in [0.4, 0.5) is 17.6 Å². The van der Waals surface area contributed by atoms with Crippen LogP contribution in [0.5, 0.6) is 0 Å². The van der Waals surface area contributed by atoms with Crippen LogP contribution >= 0.6 is 15.9 Å². The van der Waals surface area contributed by atoms with Gasteiger partial charge >= 0.3 is 6.18 Å². The summed E-state index contributed by atoms with van der Waals surface area (Å²) in [6.45, 7) is 0. The number of rotatable bonds is 1. The molecule has 0 bridgehead atoms. The van der Waals surface area contributed by atoms with E-state index in [9.17, 15) is 17.6 Å². The van der Waals surface area contributed by atoms with Gasteiger partial charge in [-0.2, -0.15) is 13.2 Å². The summed E-state index contributed by atoms with van der Waals surface area (Å²) in [6.07, 6.45) is -3.89. The van der Waals surface area contributed by atoms with Gasteiger partial charge in [-0.3, -0.25) is 0 Å². The fourth-order valence-corrected chi connectivity index (χ4v) is 1.64. The van der Waals surface area contributed by atoms with Gasteiger partial charge < -0.3 is 4.98 Å². The molecule has 1 N–H and O–H groups in total. The highest BCUT2D eigenvalue weighted by atomic mass is 79.9. The third-order valence-corrected chi connectivity index (χ3v) is 2.56. The number of hydrogen-bond acceptors (Lipinski definition) is 1. The molecule has 90 valence electrons. The first-order chi connectivity index (χ1) is 7.88. The second-order valence-electron chi connectivity index (χ2n) is 3.27. The monoisotopic (exact) mass is 308 g/mol. The normalized spacial score (nSPS) is 11.8. The molecule has 0 saturated heterocycles. The summed E-state index contributed by atoms with van der Waals surface area (Å²) in [5.74, 6) is -0.799. The number of alkyl halides is 3. The Morgan fingerprint density at radius 1 is 1.24 bits per heavy atom. The van der Waals surface area contributed by atoms with Crippen molar-refractivity contribution in [3.8, 4) is 11.4 Å². The predicted octanol–water partition coefficient (Wildman–Crippen LogP) is 4.00. The molecule has 0 saturated carbocycles. The molecule has 0 aliphatic heterocycles. The molecule has 7 heteroatoms. The van der Waals surface area contributed by atoms with Crippen LogP contribution in [0, 0.1) is 5.82 Å². The first kappa shape index (κ1) is 12.1. The summed E-state index contributed by atoms with van der Waals surface area (Å²) >= 11 is 3.11. The number of H-pyrrole nitrogens is 1. The molecule has 0 atom stereocenters. The van der Waals surface area contributed by atoms with Gasteiger partial charge in [-0.25, -0.2) is 9.37 Å². The number of imidazole rings is 1. The van der Waals surface area contributed by atoms with Gasteiger partial charge in [0.25, 0.3) is 0 Å². The van der Waals surface area contributed by atoms with Crippen molar-refractivity contribution in [2.45, 2.75) is 6.18 Å². The Morgan fingerprint density at radius 3 is 2.53 bits per heavy atom. The van der Waals surface area contributed by atoms with Crippen LogP contribution in [0.1, 0.15) is 5.69 Å². The molecule has 0 fully saturated rings. The van der Waals surface area contributed by atoms with Gasteiger partial charge in [-0.1, -0.05) is 15.9 Å².